The minimum Gasteiger partial charge on any atom is -0.495 e. The number of carboxylic acids is 1. The Morgan fingerprint density at radius 2 is 0.920 bits per heavy atom. The van der Waals surface area contributed by atoms with E-state index in [2.05, 4.69) is 20.6 Å². The third-order valence-electron chi connectivity index (χ3n) is 13.1. The zero-order chi connectivity index (χ0) is 63.5. The molecule has 88 heavy (non-hydrogen) atoms. The number of alkyl halides is 6. The number of hydrogen-bond acceptors (Lipinski definition) is 15. The van der Waals surface area contributed by atoms with Gasteiger partial charge < -0.3 is 50.1 Å². The summed E-state index contributed by atoms with van der Waals surface area (Å²) in [5.41, 5.74) is -0.612. The second kappa shape index (κ2) is 27.5. The first kappa shape index (κ1) is 63.2. The van der Waals surface area contributed by atoms with Gasteiger partial charge in [0.05, 0.1) is 67.6 Å². The van der Waals surface area contributed by atoms with Gasteiger partial charge in [0.2, 0.25) is 11.6 Å². The van der Waals surface area contributed by atoms with Crippen molar-refractivity contribution >= 4 is 81.2 Å². The van der Waals surface area contributed by atoms with E-state index >= 15 is 0 Å². The molecule has 0 bridgehead atoms. The lowest BCUT2D eigenvalue weighted by Gasteiger charge is -2.12. The quantitative estimate of drug-likeness (QED) is 0.0146. The largest absolute Gasteiger partial charge is 0.495 e. The Kier molecular flexibility index (Phi) is 19.8. The molecule has 4 heterocycles. The number of pyridine rings is 2. The number of aromatic nitrogens is 4. The number of rotatable bonds is 26. The SMILES string of the molecule is CCOC(=O)c1ccn2c(C(=O)c3ccc(NC(=O)C(F)(F)F)c(OC)c3)nc(NC(=O)c3cccc(OCCCCCCCCOc4cccc(C(=O)Nc5nc(C(=O)c6ccc(NC(=O)C(F)(F)F)c(OC)c6)n6ccc(C(=O)O)cc56)c4)c3)c2c1. The van der Waals surface area contributed by atoms with Crippen LogP contribution in [0.25, 0.3) is 11.0 Å². The molecule has 0 saturated carbocycles. The van der Waals surface area contributed by atoms with Gasteiger partial charge in [-0.3, -0.25) is 37.6 Å². The lowest BCUT2D eigenvalue weighted by atomic mass is 10.1. The highest BCUT2D eigenvalue weighted by Gasteiger charge is 2.40. The zero-order valence-electron chi connectivity index (χ0n) is 46.7. The Morgan fingerprint density at radius 1 is 0.500 bits per heavy atom. The summed E-state index contributed by atoms with van der Waals surface area (Å²) in [4.78, 5) is 112. The number of unbranched alkanes of at least 4 members (excludes halogenated alkanes) is 5. The van der Waals surface area contributed by atoms with Crippen LogP contribution in [0.3, 0.4) is 0 Å². The molecule has 8 aromatic rings. The maximum Gasteiger partial charge on any atom is 0.471 e. The fourth-order valence-corrected chi connectivity index (χ4v) is 8.77. The number of fused-ring (bicyclic) bond motifs is 2. The van der Waals surface area contributed by atoms with E-state index in [1.807, 2.05) is 0 Å². The number of imidazole rings is 2. The van der Waals surface area contributed by atoms with E-state index < -0.39 is 59.5 Å². The predicted octanol–water partition coefficient (Wildman–Crippen LogP) is 10.6. The normalized spacial score (nSPS) is 11.4. The van der Waals surface area contributed by atoms with Crippen molar-refractivity contribution in [2.24, 2.45) is 0 Å². The number of methoxy groups -OCH3 is 2. The van der Waals surface area contributed by atoms with Crippen LogP contribution in [-0.4, -0.2) is 117 Å². The van der Waals surface area contributed by atoms with Crippen LogP contribution in [0.4, 0.5) is 49.4 Å². The third-order valence-corrected chi connectivity index (χ3v) is 13.1. The number of nitrogens with zero attached hydrogens (tertiary/aromatic N) is 4. The van der Waals surface area contributed by atoms with Gasteiger partial charge in [-0.1, -0.05) is 37.8 Å². The van der Waals surface area contributed by atoms with E-state index in [4.69, 9.17) is 23.7 Å². The van der Waals surface area contributed by atoms with Crippen LogP contribution < -0.4 is 40.2 Å². The Bertz CT molecular complexity index is 4010. The molecule has 0 fully saturated rings. The topological polar surface area (TPSA) is 286 Å². The number of ketones is 2. The number of amides is 4. The van der Waals surface area contributed by atoms with E-state index in [1.165, 1.54) is 69.7 Å². The van der Waals surface area contributed by atoms with Crippen molar-refractivity contribution in [1.82, 2.24) is 18.8 Å². The molecule has 0 atom stereocenters. The first-order valence-electron chi connectivity index (χ1n) is 26.7. The summed E-state index contributed by atoms with van der Waals surface area (Å²) in [6, 6.07) is 24.3. The van der Waals surface area contributed by atoms with Crippen LogP contribution in [0.5, 0.6) is 23.0 Å². The van der Waals surface area contributed by atoms with E-state index in [9.17, 15) is 69.8 Å². The fraction of sp³-hybridized carbons (Fsp3) is 0.233. The number of halogens is 6. The number of ether oxygens (including phenoxy) is 5. The van der Waals surface area contributed by atoms with Crippen molar-refractivity contribution in [1.29, 1.82) is 0 Å². The lowest BCUT2D eigenvalue weighted by molar-refractivity contribution is -0.167. The van der Waals surface area contributed by atoms with Gasteiger partial charge in [-0.05, 0) is 117 Å². The Labute approximate surface area is 494 Å². The van der Waals surface area contributed by atoms with Crippen molar-refractivity contribution in [3.63, 3.8) is 0 Å². The van der Waals surface area contributed by atoms with E-state index in [0.717, 1.165) is 76.3 Å². The summed E-state index contributed by atoms with van der Waals surface area (Å²) in [5.74, 6) is -10.0. The molecule has 4 amide bonds. The molecule has 5 N–H and O–H groups in total. The minimum atomic E-state index is -5.20. The monoisotopic (exact) mass is 1220 g/mol. The van der Waals surface area contributed by atoms with E-state index in [1.54, 1.807) is 41.8 Å². The fourth-order valence-electron chi connectivity index (χ4n) is 8.77. The second-order valence-electron chi connectivity index (χ2n) is 19.1. The average molecular weight is 1220 g/mol. The molecule has 28 heteroatoms. The summed E-state index contributed by atoms with van der Waals surface area (Å²) in [6.07, 6.45) is -3.02. The molecular weight excluding hydrogens is 1170 g/mol. The maximum absolute atomic E-state index is 13.9. The van der Waals surface area contributed by atoms with Gasteiger partial charge >= 0.3 is 36.1 Å². The number of nitrogens with one attached hydrogen (secondary N) is 4. The van der Waals surface area contributed by atoms with Crippen LogP contribution >= 0.6 is 0 Å². The van der Waals surface area contributed by atoms with Crippen LogP contribution in [0.15, 0.2) is 122 Å². The van der Waals surface area contributed by atoms with Crippen molar-refractivity contribution < 1.29 is 93.5 Å². The molecule has 22 nitrogen and oxygen atoms in total. The van der Waals surface area contributed by atoms with Crippen LogP contribution in [0.2, 0.25) is 0 Å². The lowest BCUT2D eigenvalue weighted by Crippen LogP contribution is -2.30. The van der Waals surface area contributed by atoms with Gasteiger partial charge in [-0.15, -0.1) is 0 Å². The molecule has 458 valence electrons. The molecule has 0 aliphatic rings. The summed E-state index contributed by atoms with van der Waals surface area (Å²) in [7, 11) is 2.25. The molecular formula is C60H52F6N8O14. The molecule has 0 radical (unpaired) electrons. The number of carbonyl (C=O) groups excluding carboxylic acids is 7. The highest BCUT2D eigenvalue weighted by Crippen LogP contribution is 2.33. The van der Waals surface area contributed by atoms with E-state index in [-0.39, 0.29) is 97.2 Å². The number of carboxylic acid groups (broad SMARTS) is 1. The minimum absolute atomic E-state index is 0.0285. The number of benzene rings is 4. The third kappa shape index (κ3) is 15.2. The molecule has 0 unspecified atom stereocenters. The van der Waals surface area contributed by atoms with Gasteiger partial charge in [-0.25, -0.2) is 19.6 Å². The average Bonchev–Trinajstić information content (AvgIpc) is 1.83. The van der Waals surface area contributed by atoms with Gasteiger partial charge in [-0.2, -0.15) is 26.3 Å². The number of esters is 1. The van der Waals surface area contributed by atoms with Crippen LogP contribution in [0, 0.1) is 0 Å². The summed E-state index contributed by atoms with van der Waals surface area (Å²) < 4.78 is 108. The van der Waals surface area contributed by atoms with Crippen molar-refractivity contribution in [3.05, 3.63) is 167 Å². The first-order valence-corrected chi connectivity index (χ1v) is 26.7. The zero-order valence-corrected chi connectivity index (χ0v) is 46.7. The molecule has 0 spiro atoms. The number of hydrogen-bond donors (Lipinski definition) is 5. The van der Waals surface area contributed by atoms with Crippen molar-refractivity contribution in [3.8, 4) is 23.0 Å². The predicted molar refractivity (Wildman–Crippen MR) is 303 cm³/mol. The Morgan fingerprint density at radius 3 is 1.33 bits per heavy atom. The molecule has 0 aliphatic carbocycles. The van der Waals surface area contributed by atoms with Gasteiger partial charge in [0.25, 0.3) is 11.8 Å². The van der Waals surface area contributed by atoms with Gasteiger partial charge in [0, 0.05) is 34.6 Å². The number of carbonyl (C=O) groups is 8. The number of anilines is 4. The van der Waals surface area contributed by atoms with Crippen LogP contribution in [-0.2, 0) is 14.3 Å². The van der Waals surface area contributed by atoms with Gasteiger partial charge in [0.15, 0.2) is 23.3 Å². The van der Waals surface area contributed by atoms with Gasteiger partial charge in [0.1, 0.15) is 23.0 Å². The standard InChI is InChI=1S/C60H52F6N8O14/c1-4-86-56(81)38-22-24-74-44(30-38)50(70-52(74)48(76)34-18-20-42(46(32-34)85-3)68-58(83)60(64,65)66)72-54(78)36-14-12-16-40(28-36)88-26-10-8-6-5-7-9-25-87-39-15-11-13-35(27-39)53(77)71-49-43-29-37(55(79)80)21-23-73(43)51(69-49)47(75)33-17-19-41(45(31-33)84-2)67-57(82)59(61,62)63/h11-24,27-32H,4-10,25-26H2,1-3H3,(H,67,82)(H,68,83)(H,71,77)(H,72,78)(H,79,80). The summed E-state index contributed by atoms with van der Waals surface area (Å²) in [6.45, 7) is 2.34. The van der Waals surface area contributed by atoms with Crippen LogP contribution in [0.1, 0.15) is 119 Å². The molecule has 0 aliphatic heterocycles. The smallest absolute Gasteiger partial charge is 0.471 e. The number of aromatic carboxylic acids is 1. The first-order chi connectivity index (χ1) is 42.0. The Balaban J connectivity index is 0.812. The van der Waals surface area contributed by atoms with E-state index in [0.29, 0.717) is 37.6 Å². The van der Waals surface area contributed by atoms with Crippen molar-refractivity contribution in [2.45, 2.75) is 57.8 Å². The highest BCUT2D eigenvalue weighted by atomic mass is 19.4. The van der Waals surface area contributed by atoms with Crippen molar-refractivity contribution in [2.75, 3.05) is 55.3 Å². The second-order valence-corrected chi connectivity index (χ2v) is 19.1. The molecule has 0 saturated heterocycles. The molecule has 4 aromatic carbocycles. The summed E-state index contributed by atoms with van der Waals surface area (Å²) >= 11 is 0. The maximum atomic E-state index is 13.9. The molecule has 8 rings (SSSR count). The highest BCUT2D eigenvalue weighted by molar-refractivity contribution is 6.13. The molecule has 4 aromatic heterocycles. The summed E-state index contributed by atoms with van der Waals surface area (Å²) in [5, 5.41) is 18.4. The Hall–Kier alpha value is -10.8.